The molecule has 0 saturated heterocycles. The Bertz CT molecular complexity index is 1000. The highest BCUT2D eigenvalue weighted by molar-refractivity contribution is 7.89. The number of rotatable bonds is 7. The predicted molar refractivity (Wildman–Crippen MR) is 104 cm³/mol. The number of sulfonamides is 2. The molecule has 0 aromatic heterocycles. The van der Waals surface area contributed by atoms with Crippen molar-refractivity contribution < 1.29 is 16.8 Å². The van der Waals surface area contributed by atoms with E-state index in [2.05, 4.69) is 4.72 Å². The molecule has 6 nitrogen and oxygen atoms in total. The Morgan fingerprint density at radius 1 is 1.00 bits per heavy atom. The standard InChI is InChI=1S/C18H24N2O4S2/c1-5-14-10-11-16(15(12-14)13-20(3)25(4,21)22)17-8-6-7-9-18(17)26(23,24)19-2/h6-12,19H,5,13H2,1-4H3. The zero-order valence-electron chi connectivity index (χ0n) is 15.4. The van der Waals surface area contributed by atoms with Crippen LogP contribution in [0.25, 0.3) is 11.1 Å². The van der Waals surface area contributed by atoms with Crippen molar-refractivity contribution in [2.75, 3.05) is 20.4 Å². The van der Waals surface area contributed by atoms with Crippen LogP contribution in [0.3, 0.4) is 0 Å². The van der Waals surface area contributed by atoms with E-state index in [1.54, 1.807) is 24.3 Å². The van der Waals surface area contributed by atoms with Crippen LogP contribution in [-0.2, 0) is 33.0 Å². The molecule has 0 heterocycles. The molecule has 0 aliphatic rings. The summed E-state index contributed by atoms with van der Waals surface area (Å²) in [5.74, 6) is 0. The smallest absolute Gasteiger partial charge is 0.214 e. The highest BCUT2D eigenvalue weighted by Crippen LogP contribution is 2.31. The maximum atomic E-state index is 12.4. The summed E-state index contributed by atoms with van der Waals surface area (Å²) in [6, 6.07) is 12.4. The molecular weight excluding hydrogens is 372 g/mol. The van der Waals surface area contributed by atoms with Crippen molar-refractivity contribution in [3.8, 4) is 11.1 Å². The van der Waals surface area contributed by atoms with Gasteiger partial charge in [0.15, 0.2) is 0 Å². The van der Waals surface area contributed by atoms with Gasteiger partial charge in [-0.1, -0.05) is 43.3 Å². The first-order valence-corrected chi connectivity index (χ1v) is 11.5. The lowest BCUT2D eigenvalue weighted by Gasteiger charge is -2.19. The van der Waals surface area contributed by atoms with Crippen molar-refractivity contribution in [1.82, 2.24) is 9.03 Å². The monoisotopic (exact) mass is 396 g/mol. The van der Waals surface area contributed by atoms with Crippen LogP contribution >= 0.6 is 0 Å². The SMILES string of the molecule is CCc1ccc(-c2ccccc2S(=O)(=O)NC)c(CN(C)S(C)(=O)=O)c1. The summed E-state index contributed by atoms with van der Waals surface area (Å²) in [5.41, 5.74) is 3.06. The van der Waals surface area contributed by atoms with Crippen molar-refractivity contribution in [2.45, 2.75) is 24.8 Å². The largest absolute Gasteiger partial charge is 0.240 e. The Balaban J connectivity index is 2.68. The molecule has 2 aromatic carbocycles. The lowest BCUT2D eigenvalue weighted by molar-refractivity contribution is 0.472. The summed E-state index contributed by atoms with van der Waals surface area (Å²) < 4.78 is 52.0. The quantitative estimate of drug-likeness (QED) is 0.778. The molecule has 0 bridgehead atoms. The maximum Gasteiger partial charge on any atom is 0.240 e. The van der Waals surface area contributed by atoms with Gasteiger partial charge in [0, 0.05) is 19.2 Å². The lowest BCUT2D eigenvalue weighted by atomic mass is 9.96. The Kier molecular flexibility index (Phi) is 6.23. The van der Waals surface area contributed by atoms with Gasteiger partial charge in [0.2, 0.25) is 20.0 Å². The summed E-state index contributed by atoms with van der Waals surface area (Å²) >= 11 is 0. The molecular formula is C18H24N2O4S2. The van der Waals surface area contributed by atoms with Gasteiger partial charge < -0.3 is 0 Å². The van der Waals surface area contributed by atoms with Gasteiger partial charge in [-0.3, -0.25) is 0 Å². The lowest BCUT2D eigenvalue weighted by Crippen LogP contribution is -2.25. The first-order valence-electron chi connectivity index (χ1n) is 8.16. The maximum absolute atomic E-state index is 12.4. The molecule has 0 atom stereocenters. The number of hydrogen-bond donors (Lipinski definition) is 1. The third-order valence-electron chi connectivity index (χ3n) is 4.27. The Hall–Kier alpha value is -1.74. The number of benzene rings is 2. The highest BCUT2D eigenvalue weighted by Gasteiger charge is 2.20. The van der Waals surface area contributed by atoms with Crippen molar-refractivity contribution >= 4 is 20.0 Å². The van der Waals surface area contributed by atoms with Crippen LogP contribution < -0.4 is 4.72 Å². The average Bonchev–Trinajstić information content (AvgIpc) is 2.60. The summed E-state index contributed by atoms with van der Waals surface area (Å²) in [4.78, 5) is 0.162. The van der Waals surface area contributed by atoms with E-state index in [4.69, 9.17) is 0 Å². The summed E-state index contributed by atoms with van der Waals surface area (Å²) in [6.45, 7) is 2.18. The zero-order chi connectivity index (χ0) is 19.5. The molecule has 0 saturated carbocycles. The number of nitrogens with one attached hydrogen (secondary N) is 1. The van der Waals surface area contributed by atoms with E-state index >= 15 is 0 Å². The summed E-state index contributed by atoms with van der Waals surface area (Å²) in [6.07, 6.45) is 1.95. The van der Waals surface area contributed by atoms with E-state index in [1.807, 2.05) is 25.1 Å². The van der Waals surface area contributed by atoms with Gasteiger partial charge in [-0.05, 0) is 36.2 Å². The molecule has 26 heavy (non-hydrogen) atoms. The molecule has 0 radical (unpaired) electrons. The fourth-order valence-corrected chi connectivity index (χ4v) is 3.97. The van der Waals surface area contributed by atoms with Crippen molar-refractivity contribution in [1.29, 1.82) is 0 Å². The Morgan fingerprint density at radius 3 is 2.23 bits per heavy atom. The van der Waals surface area contributed by atoms with Crippen molar-refractivity contribution in [3.63, 3.8) is 0 Å². The van der Waals surface area contributed by atoms with E-state index in [0.717, 1.165) is 23.8 Å². The topological polar surface area (TPSA) is 83.6 Å². The van der Waals surface area contributed by atoms with E-state index in [1.165, 1.54) is 18.4 Å². The molecule has 0 amide bonds. The second kappa shape index (κ2) is 7.87. The molecule has 0 aliphatic heterocycles. The minimum Gasteiger partial charge on any atom is -0.214 e. The first-order chi connectivity index (χ1) is 12.1. The van der Waals surface area contributed by atoms with Gasteiger partial charge in [-0.2, -0.15) is 0 Å². The van der Waals surface area contributed by atoms with Crippen LogP contribution in [0.5, 0.6) is 0 Å². The normalized spacial score (nSPS) is 12.5. The second-order valence-electron chi connectivity index (χ2n) is 6.07. The first kappa shape index (κ1) is 20.6. The van der Waals surface area contributed by atoms with Crippen LogP contribution in [0.15, 0.2) is 47.4 Å². The van der Waals surface area contributed by atoms with E-state index in [0.29, 0.717) is 11.1 Å². The molecule has 0 aliphatic carbocycles. The van der Waals surface area contributed by atoms with Crippen LogP contribution in [0.2, 0.25) is 0 Å². The second-order valence-corrected chi connectivity index (χ2v) is 10.0. The van der Waals surface area contributed by atoms with Crippen LogP contribution in [0.1, 0.15) is 18.1 Å². The van der Waals surface area contributed by atoms with Crippen molar-refractivity contribution in [2.24, 2.45) is 0 Å². The number of nitrogens with zero attached hydrogens (tertiary/aromatic N) is 1. The highest BCUT2D eigenvalue weighted by atomic mass is 32.2. The van der Waals surface area contributed by atoms with Crippen LogP contribution in [-0.4, -0.2) is 41.5 Å². The molecule has 8 heteroatoms. The Morgan fingerprint density at radius 2 is 1.65 bits per heavy atom. The minimum absolute atomic E-state index is 0.162. The predicted octanol–water partition coefficient (Wildman–Crippen LogP) is 2.22. The van der Waals surface area contributed by atoms with Gasteiger partial charge in [-0.15, -0.1) is 0 Å². The van der Waals surface area contributed by atoms with Gasteiger partial charge in [0.05, 0.1) is 11.2 Å². The molecule has 2 rings (SSSR count). The van der Waals surface area contributed by atoms with Gasteiger partial charge in [0.25, 0.3) is 0 Å². The fourth-order valence-electron chi connectivity index (χ4n) is 2.65. The molecule has 142 valence electrons. The van der Waals surface area contributed by atoms with Crippen LogP contribution in [0, 0.1) is 0 Å². The number of aryl methyl sites for hydroxylation is 1. The fraction of sp³-hybridized carbons (Fsp3) is 0.333. The molecule has 0 unspecified atom stereocenters. The van der Waals surface area contributed by atoms with E-state index in [-0.39, 0.29) is 11.4 Å². The van der Waals surface area contributed by atoms with Crippen molar-refractivity contribution in [3.05, 3.63) is 53.6 Å². The van der Waals surface area contributed by atoms with E-state index < -0.39 is 20.0 Å². The third kappa shape index (κ3) is 4.50. The molecule has 0 fully saturated rings. The van der Waals surface area contributed by atoms with Gasteiger partial charge >= 0.3 is 0 Å². The summed E-state index contributed by atoms with van der Waals surface area (Å²) in [7, 11) is -4.13. The third-order valence-corrected chi connectivity index (χ3v) is 7.01. The number of hydrogen-bond acceptors (Lipinski definition) is 4. The van der Waals surface area contributed by atoms with E-state index in [9.17, 15) is 16.8 Å². The molecule has 2 aromatic rings. The minimum atomic E-state index is -3.65. The molecule has 1 N–H and O–H groups in total. The zero-order valence-corrected chi connectivity index (χ0v) is 17.0. The van der Waals surface area contributed by atoms with Crippen LogP contribution in [0.4, 0.5) is 0 Å². The average molecular weight is 397 g/mol. The Labute approximate surface area is 156 Å². The summed E-state index contributed by atoms with van der Waals surface area (Å²) in [5, 5.41) is 0. The van der Waals surface area contributed by atoms with Gasteiger partial charge in [0.1, 0.15) is 0 Å². The molecule has 0 spiro atoms. The van der Waals surface area contributed by atoms with Gasteiger partial charge in [-0.25, -0.2) is 25.9 Å².